The molecule has 0 aliphatic carbocycles. The molecule has 0 heterocycles. The molecule has 0 fully saturated rings. The number of benzene rings is 3. The second-order valence-electron chi connectivity index (χ2n) is 7.00. The number of nitrogens with one attached hydrogen (secondary N) is 2. The Morgan fingerprint density at radius 2 is 1.53 bits per heavy atom. The highest BCUT2D eigenvalue weighted by Gasteiger charge is 2.17. The van der Waals surface area contributed by atoms with Gasteiger partial charge in [-0.2, -0.15) is 0 Å². The Morgan fingerprint density at radius 3 is 2.19 bits per heavy atom. The number of rotatable bonds is 8. The van der Waals surface area contributed by atoms with Crippen LogP contribution in [0.1, 0.15) is 12.5 Å². The average Bonchev–Trinajstić information content (AvgIpc) is 2.80. The van der Waals surface area contributed by atoms with Gasteiger partial charge in [0.2, 0.25) is 0 Å². The van der Waals surface area contributed by atoms with E-state index >= 15 is 0 Å². The zero-order valence-corrected chi connectivity index (χ0v) is 18.2. The lowest BCUT2D eigenvalue weighted by molar-refractivity contribution is 0.200. The number of amides is 3. The number of carbonyl (C=O) groups is 2. The molecule has 0 atom stereocenters. The molecule has 3 rings (SSSR count). The van der Waals surface area contributed by atoms with E-state index in [2.05, 4.69) is 10.6 Å². The molecule has 2 N–H and O–H groups in total. The van der Waals surface area contributed by atoms with E-state index in [1.54, 1.807) is 41.3 Å². The van der Waals surface area contributed by atoms with Crippen LogP contribution in [0, 0.1) is 6.92 Å². The fourth-order valence-corrected chi connectivity index (χ4v) is 2.97. The molecule has 3 aromatic carbocycles. The number of ether oxygens (including phenoxy) is 2. The first-order valence-corrected chi connectivity index (χ1v) is 10.4. The number of hydrogen-bond donors (Lipinski definition) is 2. The molecule has 0 aromatic heterocycles. The number of para-hydroxylation sites is 1. The van der Waals surface area contributed by atoms with Gasteiger partial charge in [0.15, 0.2) is 0 Å². The van der Waals surface area contributed by atoms with Gasteiger partial charge in [0.1, 0.15) is 11.5 Å². The van der Waals surface area contributed by atoms with Crippen LogP contribution >= 0.6 is 0 Å². The number of urea groups is 1. The van der Waals surface area contributed by atoms with E-state index in [4.69, 9.17) is 9.47 Å². The summed E-state index contributed by atoms with van der Waals surface area (Å²) in [6.07, 6.45) is -0.580. The van der Waals surface area contributed by atoms with E-state index in [9.17, 15) is 9.59 Å². The van der Waals surface area contributed by atoms with E-state index in [1.807, 2.05) is 56.3 Å². The Hall–Kier alpha value is -4.00. The van der Waals surface area contributed by atoms with E-state index in [-0.39, 0.29) is 19.1 Å². The monoisotopic (exact) mass is 433 g/mol. The molecule has 0 aliphatic heterocycles. The first kappa shape index (κ1) is 22.7. The van der Waals surface area contributed by atoms with Crippen molar-refractivity contribution in [3.63, 3.8) is 0 Å². The molecule has 0 radical (unpaired) electrons. The lowest BCUT2D eigenvalue weighted by Crippen LogP contribution is -2.41. The SMILES string of the molecule is CCOc1ccc(N(CCNC(=O)Oc2ccc(C)cc2)C(=O)Nc2ccccc2)cc1. The zero-order chi connectivity index (χ0) is 22.8. The fraction of sp³-hybridized carbons (Fsp3) is 0.200. The Kier molecular flexibility index (Phi) is 8.09. The number of carbonyl (C=O) groups excluding carboxylic acids is 2. The molecule has 166 valence electrons. The van der Waals surface area contributed by atoms with E-state index in [0.29, 0.717) is 23.7 Å². The van der Waals surface area contributed by atoms with Gasteiger partial charge in [-0.05, 0) is 62.4 Å². The summed E-state index contributed by atoms with van der Waals surface area (Å²) in [6, 6.07) is 23.3. The molecule has 0 aliphatic rings. The van der Waals surface area contributed by atoms with Gasteiger partial charge in [-0.1, -0.05) is 35.9 Å². The molecule has 0 saturated heterocycles. The minimum Gasteiger partial charge on any atom is -0.494 e. The summed E-state index contributed by atoms with van der Waals surface area (Å²) in [5.41, 5.74) is 2.43. The van der Waals surface area contributed by atoms with Gasteiger partial charge in [0.25, 0.3) is 0 Å². The van der Waals surface area contributed by atoms with Crippen molar-refractivity contribution >= 4 is 23.5 Å². The van der Waals surface area contributed by atoms with Gasteiger partial charge in [0.05, 0.1) is 6.61 Å². The summed E-state index contributed by atoms with van der Waals surface area (Å²) in [5, 5.41) is 5.56. The lowest BCUT2D eigenvalue weighted by Gasteiger charge is -2.23. The van der Waals surface area contributed by atoms with E-state index < -0.39 is 6.09 Å². The van der Waals surface area contributed by atoms with Crippen LogP contribution in [-0.2, 0) is 0 Å². The average molecular weight is 434 g/mol. The quantitative estimate of drug-likeness (QED) is 0.510. The topological polar surface area (TPSA) is 79.9 Å². The Labute approximate surface area is 188 Å². The number of hydrogen-bond acceptors (Lipinski definition) is 4. The molecular weight excluding hydrogens is 406 g/mol. The van der Waals surface area contributed by atoms with Gasteiger partial charge < -0.3 is 20.1 Å². The second kappa shape index (κ2) is 11.4. The highest BCUT2D eigenvalue weighted by atomic mass is 16.6. The van der Waals surface area contributed by atoms with Crippen LogP contribution < -0.4 is 25.0 Å². The van der Waals surface area contributed by atoms with Crippen molar-refractivity contribution in [2.75, 3.05) is 29.9 Å². The second-order valence-corrected chi connectivity index (χ2v) is 7.00. The molecule has 0 bridgehead atoms. The number of anilines is 2. The summed E-state index contributed by atoms with van der Waals surface area (Å²) in [5.74, 6) is 1.18. The summed E-state index contributed by atoms with van der Waals surface area (Å²) < 4.78 is 10.8. The van der Waals surface area contributed by atoms with Gasteiger partial charge in [-0.3, -0.25) is 4.90 Å². The molecular formula is C25H27N3O4. The maximum absolute atomic E-state index is 13.0. The predicted molar refractivity (Wildman–Crippen MR) is 126 cm³/mol. The van der Waals surface area contributed by atoms with Crippen LogP contribution in [0.4, 0.5) is 21.0 Å². The Morgan fingerprint density at radius 1 is 0.875 bits per heavy atom. The van der Waals surface area contributed by atoms with E-state index in [0.717, 1.165) is 11.3 Å². The third-order valence-corrected chi connectivity index (χ3v) is 4.57. The van der Waals surface area contributed by atoms with Crippen molar-refractivity contribution in [1.82, 2.24) is 5.32 Å². The molecule has 7 nitrogen and oxygen atoms in total. The fourth-order valence-electron chi connectivity index (χ4n) is 2.97. The van der Waals surface area contributed by atoms with Crippen molar-refractivity contribution in [2.45, 2.75) is 13.8 Å². The largest absolute Gasteiger partial charge is 0.494 e. The van der Waals surface area contributed by atoms with Crippen LogP contribution in [0.25, 0.3) is 0 Å². The summed E-state index contributed by atoms with van der Waals surface area (Å²) >= 11 is 0. The number of aryl methyl sites for hydroxylation is 1. The Balaban J connectivity index is 1.64. The molecule has 32 heavy (non-hydrogen) atoms. The minimum atomic E-state index is -0.580. The number of nitrogens with zero attached hydrogens (tertiary/aromatic N) is 1. The maximum atomic E-state index is 13.0. The molecule has 3 amide bonds. The molecule has 7 heteroatoms. The first-order valence-electron chi connectivity index (χ1n) is 10.4. The highest BCUT2D eigenvalue weighted by Crippen LogP contribution is 2.20. The summed E-state index contributed by atoms with van der Waals surface area (Å²) in [4.78, 5) is 26.6. The van der Waals surface area contributed by atoms with Crippen molar-refractivity contribution < 1.29 is 19.1 Å². The summed E-state index contributed by atoms with van der Waals surface area (Å²) in [7, 11) is 0. The lowest BCUT2D eigenvalue weighted by atomic mass is 10.2. The van der Waals surface area contributed by atoms with Crippen LogP contribution in [0.5, 0.6) is 11.5 Å². The third-order valence-electron chi connectivity index (χ3n) is 4.57. The van der Waals surface area contributed by atoms with Crippen LogP contribution in [0.2, 0.25) is 0 Å². The van der Waals surface area contributed by atoms with Crippen molar-refractivity contribution in [1.29, 1.82) is 0 Å². The van der Waals surface area contributed by atoms with Gasteiger partial charge >= 0.3 is 12.1 Å². The van der Waals surface area contributed by atoms with Crippen LogP contribution in [0.15, 0.2) is 78.9 Å². The molecule has 0 saturated carbocycles. The zero-order valence-electron chi connectivity index (χ0n) is 18.2. The van der Waals surface area contributed by atoms with Crippen molar-refractivity contribution in [3.8, 4) is 11.5 Å². The van der Waals surface area contributed by atoms with Crippen LogP contribution in [0.3, 0.4) is 0 Å². The normalized spacial score (nSPS) is 10.2. The first-order chi connectivity index (χ1) is 15.5. The smallest absolute Gasteiger partial charge is 0.412 e. The predicted octanol–water partition coefficient (Wildman–Crippen LogP) is 5.22. The maximum Gasteiger partial charge on any atom is 0.412 e. The molecule has 0 unspecified atom stereocenters. The van der Waals surface area contributed by atoms with Gasteiger partial charge in [-0.15, -0.1) is 0 Å². The Bertz CT molecular complexity index is 1010. The van der Waals surface area contributed by atoms with Crippen molar-refractivity contribution in [2.24, 2.45) is 0 Å². The van der Waals surface area contributed by atoms with Crippen molar-refractivity contribution in [3.05, 3.63) is 84.4 Å². The van der Waals surface area contributed by atoms with Crippen LogP contribution in [-0.4, -0.2) is 31.8 Å². The molecule has 0 spiro atoms. The highest BCUT2D eigenvalue weighted by molar-refractivity contribution is 6.01. The molecule has 3 aromatic rings. The summed E-state index contributed by atoms with van der Waals surface area (Å²) in [6.45, 7) is 4.88. The standard InChI is InChI=1S/C25H27N3O4/c1-3-31-22-15-11-21(12-16-22)28(24(29)27-20-7-5-4-6-8-20)18-17-26-25(30)32-23-13-9-19(2)10-14-23/h4-16H,3,17-18H2,1-2H3,(H,26,30)(H,27,29). The minimum absolute atomic E-state index is 0.208. The van der Waals surface area contributed by atoms with E-state index in [1.165, 1.54) is 0 Å². The third kappa shape index (κ3) is 6.77. The van der Waals surface area contributed by atoms with Gasteiger partial charge in [0, 0.05) is 24.5 Å². The van der Waals surface area contributed by atoms with Gasteiger partial charge in [-0.25, -0.2) is 9.59 Å².